The molecule has 32 heavy (non-hydrogen) atoms. The molecule has 0 spiro atoms. The average molecular weight is 462 g/mol. The van der Waals surface area contributed by atoms with Gasteiger partial charge in [-0.05, 0) is 54.7 Å². The van der Waals surface area contributed by atoms with Crippen molar-refractivity contribution >= 4 is 32.7 Å². The van der Waals surface area contributed by atoms with Crippen LogP contribution < -0.4 is 11.1 Å². The Morgan fingerprint density at radius 1 is 1.12 bits per heavy atom. The lowest BCUT2D eigenvalue weighted by Gasteiger charge is -2.34. The number of hydrogen-bond donors (Lipinski definition) is 1. The fourth-order valence-corrected chi connectivity index (χ4v) is 5.88. The number of fused-ring (bicyclic) bond motifs is 1. The number of benzene rings is 2. The summed E-state index contributed by atoms with van der Waals surface area (Å²) in [6.45, 7) is 4.60. The minimum absolute atomic E-state index is 0.0444. The highest BCUT2D eigenvalue weighted by Crippen LogP contribution is 2.28. The lowest BCUT2D eigenvalue weighted by molar-refractivity contribution is -0.116. The third kappa shape index (κ3) is 4.46. The molecule has 8 nitrogen and oxygen atoms in total. The Labute approximate surface area is 184 Å². The van der Waals surface area contributed by atoms with E-state index in [4.69, 9.17) is 4.42 Å². The van der Waals surface area contributed by atoms with Crippen LogP contribution >= 0.6 is 0 Å². The zero-order chi connectivity index (χ0) is 23.0. The van der Waals surface area contributed by atoms with Gasteiger partial charge in [-0.3, -0.25) is 9.36 Å². The van der Waals surface area contributed by atoms with Crippen LogP contribution in [0.1, 0.15) is 20.3 Å². The number of rotatable bonds is 5. The molecule has 1 N–H and O–H groups in total. The van der Waals surface area contributed by atoms with Gasteiger partial charge < -0.3 is 9.73 Å². The molecule has 1 saturated heterocycles. The van der Waals surface area contributed by atoms with E-state index in [1.807, 2.05) is 13.8 Å². The van der Waals surface area contributed by atoms with Gasteiger partial charge in [0.25, 0.3) is 0 Å². The van der Waals surface area contributed by atoms with Crippen LogP contribution in [0.3, 0.4) is 0 Å². The normalized spacial score (nSPS) is 19.8. The lowest BCUT2D eigenvalue weighted by atomic mass is 9.94. The molecule has 4 rings (SSSR count). The molecule has 2 heterocycles. The summed E-state index contributed by atoms with van der Waals surface area (Å²) in [7, 11) is -3.74. The van der Waals surface area contributed by atoms with E-state index in [2.05, 4.69) is 5.32 Å². The molecule has 1 fully saturated rings. The van der Waals surface area contributed by atoms with Crippen molar-refractivity contribution in [2.45, 2.75) is 31.7 Å². The first-order valence-corrected chi connectivity index (χ1v) is 11.8. The molecule has 170 valence electrons. The fourth-order valence-electron chi connectivity index (χ4n) is 4.19. The number of halogens is 1. The third-order valence-electron chi connectivity index (χ3n) is 5.54. The molecule has 3 aromatic rings. The first-order chi connectivity index (χ1) is 15.1. The van der Waals surface area contributed by atoms with Crippen molar-refractivity contribution in [2.75, 3.05) is 18.4 Å². The minimum atomic E-state index is -3.74. The molecule has 1 amide bonds. The van der Waals surface area contributed by atoms with Crippen molar-refractivity contribution in [3.05, 3.63) is 58.8 Å². The Balaban J connectivity index is 1.58. The monoisotopic (exact) mass is 461 g/mol. The van der Waals surface area contributed by atoms with Gasteiger partial charge in [0, 0.05) is 24.8 Å². The van der Waals surface area contributed by atoms with Gasteiger partial charge in [0.05, 0.1) is 10.4 Å². The molecular formula is C22H24FN3O5S. The van der Waals surface area contributed by atoms with Gasteiger partial charge in [0.2, 0.25) is 15.9 Å². The van der Waals surface area contributed by atoms with Gasteiger partial charge >= 0.3 is 5.76 Å². The van der Waals surface area contributed by atoms with Gasteiger partial charge in [-0.1, -0.05) is 13.8 Å². The van der Waals surface area contributed by atoms with E-state index in [0.717, 1.165) is 11.0 Å². The van der Waals surface area contributed by atoms with Crippen molar-refractivity contribution in [1.82, 2.24) is 8.87 Å². The Bertz CT molecular complexity index is 1300. The molecule has 1 aliphatic rings. The second-order valence-corrected chi connectivity index (χ2v) is 10.3. The van der Waals surface area contributed by atoms with Gasteiger partial charge in [-0.25, -0.2) is 17.6 Å². The van der Waals surface area contributed by atoms with Crippen LogP contribution in [0.2, 0.25) is 0 Å². The zero-order valence-corrected chi connectivity index (χ0v) is 18.6. The highest BCUT2D eigenvalue weighted by molar-refractivity contribution is 7.89. The first kappa shape index (κ1) is 22.2. The van der Waals surface area contributed by atoms with E-state index in [1.54, 1.807) is 0 Å². The number of aromatic nitrogens is 1. The van der Waals surface area contributed by atoms with E-state index in [-0.39, 0.29) is 28.9 Å². The number of amides is 1. The molecule has 10 heteroatoms. The van der Waals surface area contributed by atoms with E-state index in [1.165, 1.54) is 46.8 Å². The molecule has 0 unspecified atom stereocenters. The van der Waals surface area contributed by atoms with Crippen LogP contribution in [0.4, 0.5) is 10.1 Å². The highest BCUT2D eigenvalue weighted by atomic mass is 32.2. The number of oxazole rings is 1. The Morgan fingerprint density at radius 3 is 2.44 bits per heavy atom. The maximum atomic E-state index is 13.1. The second-order valence-electron chi connectivity index (χ2n) is 8.41. The van der Waals surface area contributed by atoms with Crippen molar-refractivity contribution < 1.29 is 22.0 Å². The van der Waals surface area contributed by atoms with E-state index in [9.17, 15) is 22.4 Å². The summed E-state index contributed by atoms with van der Waals surface area (Å²) >= 11 is 0. The van der Waals surface area contributed by atoms with Gasteiger partial charge in [-0.2, -0.15) is 4.31 Å². The predicted octanol–water partition coefficient (Wildman–Crippen LogP) is 3.04. The highest BCUT2D eigenvalue weighted by Gasteiger charge is 2.32. The van der Waals surface area contributed by atoms with Crippen molar-refractivity contribution in [3.8, 4) is 0 Å². The smallest absolute Gasteiger partial charge is 0.408 e. The standard InChI is InChI=1S/C22H24FN3O5S/c1-14-9-15(2)12-25(11-14)32(29,30)18-7-8-19-20(10-18)31-22(28)26(19)13-21(27)24-17-5-3-16(23)4-6-17/h3-8,10,14-15H,9,11-13H2,1-2H3,(H,24,27)/t14-,15-/m0/s1. The van der Waals surface area contributed by atoms with Crippen molar-refractivity contribution in [2.24, 2.45) is 11.8 Å². The summed E-state index contributed by atoms with van der Waals surface area (Å²) in [5, 5.41) is 2.58. The van der Waals surface area contributed by atoms with Crippen LogP contribution in [0, 0.1) is 17.7 Å². The van der Waals surface area contributed by atoms with Crippen molar-refractivity contribution in [3.63, 3.8) is 0 Å². The Morgan fingerprint density at radius 2 is 1.78 bits per heavy atom. The summed E-state index contributed by atoms with van der Waals surface area (Å²) in [6, 6.07) is 9.44. The quantitative estimate of drug-likeness (QED) is 0.629. The number of nitrogens with one attached hydrogen (secondary N) is 1. The summed E-state index contributed by atoms with van der Waals surface area (Å²) in [4.78, 5) is 24.7. The summed E-state index contributed by atoms with van der Waals surface area (Å²) in [5.41, 5.74) is 0.781. The van der Waals surface area contributed by atoms with Crippen molar-refractivity contribution in [1.29, 1.82) is 0 Å². The Kier molecular flexibility index (Phi) is 5.91. The van der Waals surface area contributed by atoms with Crippen LogP contribution in [-0.4, -0.2) is 36.3 Å². The van der Waals surface area contributed by atoms with Crippen LogP contribution in [0.5, 0.6) is 0 Å². The number of sulfonamides is 1. The number of anilines is 1. The molecule has 2 aromatic carbocycles. The molecule has 1 aliphatic heterocycles. The lowest BCUT2D eigenvalue weighted by Crippen LogP contribution is -2.42. The van der Waals surface area contributed by atoms with Gasteiger partial charge in [0.15, 0.2) is 5.58 Å². The molecule has 0 aliphatic carbocycles. The van der Waals surface area contributed by atoms with Crippen LogP contribution in [0.25, 0.3) is 11.1 Å². The van der Waals surface area contributed by atoms with E-state index < -0.39 is 27.5 Å². The minimum Gasteiger partial charge on any atom is -0.408 e. The fraction of sp³-hybridized carbons (Fsp3) is 0.364. The molecule has 1 aromatic heterocycles. The van der Waals surface area contributed by atoms with E-state index >= 15 is 0 Å². The SMILES string of the molecule is C[C@H]1C[C@H](C)CN(S(=O)(=O)c2ccc3c(c2)oc(=O)n3CC(=O)Nc2ccc(F)cc2)C1. The topological polar surface area (TPSA) is 102 Å². The number of nitrogens with zero attached hydrogens (tertiary/aromatic N) is 2. The number of carbonyl (C=O) groups is 1. The van der Waals surface area contributed by atoms with E-state index in [0.29, 0.717) is 24.3 Å². The second kappa shape index (κ2) is 8.51. The molecule has 0 saturated carbocycles. The Hall–Kier alpha value is -2.98. The molecular weight excluding hydrogens is 437 g/mol. The molecule has 2 atom stereocenters. The largest absolute Gasteiger partial charge is 0.420 e. The van der Waals surface area contributed by atoms with Gasteiger partial charge in [0.1, 0.15) is 12.4 Å². The molecule has 0 bridgehead atoms. The summed E-state index contributed by atoms with van der Waals surface area (Å²) < 4.78 is 47.1. The summed E-state index contributed by atoms with van der Waals surface area (Å²) in [6.07, 6.45) is 0.975. The predicted molar refractivity (Wildman–Crippen MR) is 117 cm³/mol. The zero-order valence-electron chi connectivity index (χ0n) is 17.7. The third-order valence-corrected chi connectivity index (χ3v) is 7.37. The maximum Gasteiger partial charge on any atom is 0.420 e. The number of carbonyl (C=O) groups excluding carboxylic acids is 1. The average Bonchev–Trinajstić information content (AvgIpc) is 3.03. The number of piperidine rings is 1. The maximum absolute atomic E-state index is 13.1. The molecule has 0 radical (unpaired) electrons. The van der Waals surface area contributed by atoms with Crippen LogP contribution in [0.15, 0.2) is 56.6 Å². The van der Waals surface area contributed by atoms with Gasteiger partial charge in [-0.15, -0.1) is 0 Å². The van der Waals surface area contributed by atoms with Crippen LogP contribution in [-0.2, 0) is 21.4 Å². The summed E-state index contributed by atoms with van der Waals surface area (Å²) in [5.74, 6) is -1.19. The number of hydrogen-bond acceptors (Lipinski definition) is 5. The first-order valence-electron chi connectivity index (χ1n) is 10.3.